The Bertz CT molecular complexity index is 1080. The molecule has 0 radical (unpaired) electrons. The van der Waals surface area contributed by atoms with E-state index < -0.39 is 0 Å². The summed E-state index contributed by atoms with van der Waals surface area (Å²) in [5, 5.41) is 0.724. The number of para-hydroxylation sites is 2. The summed E-state index contributed by atoms with van der Waals surface area (Å²) in [6, 6.07) is 15.6. The van der Waals surface area contributed by atoms with E-state index in [4.69, 9.17) is 14.5 Å². The third kappa shape index (κ3) is 4.04. The number of hydrogen-bond acceptors (Lipinski definition) is 5. The molecule has 0 saturated carbocycles. The highest BCUT2D eigenvalue weighted by molar-refractivity contribution is 7.16. The second-order valence-corrected chi connectivity index (χ2v) is 9.77. The molecule has 2 aliphatic rings. The first kappa shape index (κ1) is 20.1. The Hall–Kier alpha value is -2.86. The maximum atomic E-state index is 13.4. The van der Waals surface area contributed by atoms with Crippen molar-refractivity contribution in [3.63, 3.8) is 0 Å². The van der Waals surface area contributed by atoms with Crippen LogP contribution in [0.1, 0.15) is 42.8 Å². The zero-order chi connectivity index (χ0) is 21.4. The van der Waals surface area contributed by atoms with Crippen LogP contribution in [0, 0.1) is 0 Å². The van der Waals surface area contributed by atoms with E-state index >= 15 is 0 Å². The lowest BCUT2D eigenvalue weighted by atomic mass is 10.0. The maximum absolute atomic E-state index is 13.4. The van der Waals surface area contributed by atoms with Gasteiger partial charge in [0.1, 0.15) is 5.60 Å². The predicted molar refractivity (Wildman–Crippen MR) is 123 cm³/mol. The van der Waals surface area contributed by atoms with Gasteiger partial charge in [-0.25, -0.2) is 4.98 Å². The molecule has 5 nitrogen and oxygen atoms in total. The van der Waals surface area contributed by atoms with Crippen molar-refractivity contribution in [3.05, 3.63) is 64.7 Å². The number of fused-ring (bicyclic) bond motifs is 2. The van der Waals surface area contributed by atoms with Gasteiger partial charge in [0.05, 0.1) is 11.4 Å². The minimum atomic E-state index is -0.262. The molecule has 0 atom stereocenters. The molecule has 2 aromatic carbocycles. The van der Waals surface area contributed by atoms with Gasteiger partial charge in [-0.1, -0.05) is 30.3 Å². The lowest BCUT2D eigenvalue weighted by molar-refractivity contribution is -0.119. The van der Waals surface area contributed by atoms with E-state index in [1.165, 1.54) is 11.3 Å². The molecule has 6 heteroatoms. The van der Waals surface area contributed by atoms with Gasteiger partial charge in [0, 0.05) is 16.9 Å². The summed E-state index contributed by atoms with van der Waals surface area (Å²) in [6.45, 7) is 4.03. The van der Waals surface area contributed by atoms with Crippen LogP contribution in [0.2, 0.25) is 0 Å². The Morgan fingerprint density at radius 1 is 1.13 bits per heavy atom. The highest BCUT2D eigenvalue weighted by Crippen LogP contribution is 2.42. The molecule has 3 aromatic rings. The molecule has 2 heterocycles. The van der Waals surface area contributed by atoms with Crippen LogP contribution in [-0.2, 0) is 24.1 Å². The molecule has 0 bridgehead atoms. The molecule has 1 aliphatic heterocycles. The first-order valence-electron chi connectivity index (χ1n) is 10.8. The largest absolute Gasteiger partial charge is 0.483 e. The van der Waals surface area contributed by atoms with Gasteiger partial charge in [0.2, 0.25) is 0 Å². The van der Waals surface area contributed by atoms with Crippen molar-refractivity contribution in [2.75, 3.05) is 11.5 Å². The Morgan fingerprint density at radius 3 is 2.74 bits per heavy atom. The van der Waals surface area contributed by atoms with Crippen molar-refractivity contribution in [2.24, 2.45) is 0 Å². The van der Waals surface area contributed by atoms with Gasteiger partial charge >= 0.3 is 0 Å². The van der Waals surface area contributed by atoms with Crippen molar-refractivity contribution in [1.29, 1.82) is 0 Å². The highest BCUT2D eigenvalue weighted by atomic mass is 32.1. The number of carbonyl (C=O) groups is 1. The van der Waals surface area contributed by atoms with Crippen LogP contribution in [0.25, 0.3) is 0 Å². The van der Waals surface area contributed by atoms with Gasteiger partial charge in [0.25, 0.3) is 5.91 Å². The molecule has 0 fully saturated rings. The standard InChI is InChI=1S/C25H26N2O3S/c1-25(2)15-17-9-8-13-20(23(17)30-25)29-16-22(28)27(18-10-4-3-5-11-18)24-26-19-12-6-7-14-21(19)31-24/h3-5,8-11,13H,6-7,12,14-16H2,1-2H3. The highest BCUT2D eigenvalue weighted by Gasteiger charge is 2.33. The Labute approximate surface area is 186 Å². The fraction of sp³-hybridized carbons (Fsp3) is 0.360. The molecule has 0 saturated heterocycles. The van der Waals surface area contributed by atoms with Gasteiger partial charge in [-0.15, -0.1) is 11.3 Å². The Kier molecular flexibility index (Phi) is 5.18. The summed E-state index contributed by atoms with van der Waals surface area (Å²) in [6.07, 6.45) is 5.21. The summed E-state index contributed by atoms with van der Waals surface area (Å²) in [7, 11) is 0. The average molecular weight is 435 g/mol. The molecular formula is C25H26N2O3S. The summed E-state index contributed by atoms with van der Waals surface area (Å²) in [4.78, 5) is 21.2. The molecular weight excluding hydrogens is 408 g/mol. The van der Waals surface area contributed by atoms with E-state index in [0.717, 1.165) is 53.5 Å². The maximum Gasteiger partial charge on any atom is 0.271 e. The van der Waals surface area contributed by atoms with Crippen molar-refractivity contribution in [3.8, 4) is 11.5 Å². The van der Waals surface area contributed by atoms with Crippen LogP contribution in [-0.4, -0.2) is 23.1 Å². The minimum Gasteiger partial charge on any atom is -0.483 e. The summed E-state index contributed by atoms with van der Waals surface area (Å²) >= 11 is 1.62. The molecule has 0 N–H and O–H groups in total. The SMILES string of the molecule is CC1(C)Cc2cccc(OCC(=O)N(c3ccccc3)c3nc4c(s3)CCCC4)c2O1. The quantitative estimate of drug-likeness (QED) is 0.534. The van der Waals surface area contributed by atoms with Crippen LogP contribution in [0.15, 0.2) is 48.5 Å². The third-order valence-corrected chi connectivity index (χ3v) is 6.84. The van der Waals surface area contributed by atoms with E-state index in [0.29, 0.717) is 5.75 Å². The Balaban J connectivity index is 1.40. The smallest absolute Gasteiger partial charge is 0.271 e. The monoisotopic (exact) mass is 434 g/mol. The molecule has 1 aromatic heterocycles. The number of hydrogen-bond donors (Lipinski definition) is 0. The minimum absolute atomic E-state index is 0.0839. The van der Waals surface area contributed by atoms with Crippen LogP contribution in [0.5, 0.6) is 11.5 Å². The normalized spacial score (nSPS) is 16.2. The van der Waals surface area contributed by atoms with Crippen molar-refractivity contribution in [1.82, 2.24) is 4.98 Å². The average Bonchev–Trinajstić information content (AvgIpc) is 3.32. The first-order chi connectivity index (χ1) is 15.0. The summed E-state index contributed by atoms with van der Waals surface area (Å²) < 4.78 is 12.1. The van der Waals surface area contributed by atoms with Crippen LogP contribution in [0.3, 0.4) is 0 Å². The topological polar surface area (TPSA) is 51.7 Å². The zero-order valence-corrected chi connectivity index (χ0v) is 18.7. The number of aryl methyl sites for hydroxylation is 2. The van der Waals surface area contributed by atoms with E-state index in [1.54, 1.807) is 16.2 Å². The van der Waals surface area contributed by atoms with Crippen LogP contribution < -0.4 is 14.4 Å². The molecule has 160 valence electrons. The molecule has 5 rings (SSSR count). The van der Waals surface area contributed by atoms with Crippen molar-refractivity contribution < 1.29 is 14.3 Å². The number of nitrogens with zero attached hydrogens (tertiary/aromatic N) is 2. The number of rotatable bonds is 5. The van der Waals surface area contributed by atoms with E-state index in [-0.39, 0.29) is 18.1 Å². The molecule has 31 heavy (non-hydrogen) atoms. The number of ether oxygens (including phenoxy) is 2. The predicted octanol–water partition coefficient (Wildman–Crippen LogP) is 5.48. The first-order valence-corrected chi connectivity index (χ1v) is 11.6. The number of aromatic nitrogens is 1. The van der Waals surface area contributed by atoms with Crippen LogP contribution in [0.4, 0.5) is 10.8 Å². The molecule has 1 aliphatic carbocycles. The molecule has 1 amide bonds. The number of amides is 1. The van der Waals surface area contributed by atoms with Gasteiger partial charge < -0.3 is 9.47 Å². The van der Waals surface area contributed by atoms with Crippen molar-refractivity contribution >= 4 is 28.1 Å². The van der Waals surface area contributed by atoms with Gasteiger partial charge in [-0.2, -0.15) is 0 Å². The fourth-order valence-electron chi connectivity index (χ4n) is 4.28. The Morgan fingerprint density at radius 2 is 1.94 bits per heavy atom. The second-order valence-electron chi connectivity index (χ2n) is 8.71. The number of thiazole rings is 1. The van der Waals surface area contributed by atoms with Crippen molar-refractivity contribution in [2.45, 2.75) is 51.6 Å². The fourth-order valence-corrected chi connectivity index (χ4v) is 5.46. The number of carbonyl (C=O) groups excluding carboxylic acids is 1. The zero-order valence-electron chi connectivity index (χ0n) is 17.9. The van der Waals surface area contributed by atoms with E-state index in [2.05, 4.69) is 19.9 Å². The van der Waals surface area contributed by atoms with Crippen LogP contribution >= 0.6 is 11.3 Å². The second kappa shape index (κ2) is 8.00. The summed E-state index contributed by atoms with van der Waals surface area (Å²) in [5.74, 6) is 1.21. The molecule has 0 spiro atoms. The van der Waals surface area contributed by atoms with Gasteiger partial charge in [0.15, 0.2) is 23.2 Å². The van der Waals surface area contributed by atoms with E-state index in [1.807, 2.05) is 42.5 Å². The van der Waals surface area contributed by atoms with Gasteiger partial charge in [-0.3, -0.25) is 9.69 Å². The lowest BCUT2D eigenvalue weighted by Crippen LogP contribution is -2.31. The van der Waals surface area contributed by atoms with Gasteiger partial charge in [-0.05, 0) is 57.7 Å². The van der Waals surface area contributed by atoms with E-state index in [9.17, 15) is 4.79 Å². The number of anilines is 2. The third-order valence-electron chi connectivity index (χ3n) is 5.70. The number of benzene rings is 2. The molecule has 0 unspecified atom stereocenters. The summed E-state index contributed by atoms with van der Waals surface area (Å²) in [5.41, 5.74) is 2.79. The lowest BCUT2D eigenvalue weighted by Gasteiger charge is -2.21.